The highest BCUT2D eigenvalue weighted by Gasteiger charge is 2.24. The van der Waals surface area contributed by atoms with Crippen LogP contribution in [0.4, 0.5) is 0 Å². The van der Waals surface area contributed by atoms with Gasteiger partial charge in [-0.05, 0) is 31.0 Å². The molecule has 110 valence electrons. The Labute approximate surface area is 126 Å². The Morgan fingerprint density at radius 1 is 1.48 bits per heavy atom. The highest BCUT2D eigenvalue weighted by molar-refractivity contribution is 6.31. The summed E-state index contributed by atoms with van der Waals surface area (Å²) in [4.78, 5) is 16.1. The van der Waals surface area contributed by atoms with Crippen LogP contribution in [0.2, 0.25) is 5.02 Å². The Morgan fingerprint density at radius 2 is 2.33 bits per heavy atom. The topological polar surface area (TPSA) is 80.0 Å². The first kappa shape index (κ1) is 14.0. The van der Waals surface area contributed by atoms with E-state index in [4.69, 9.17) is 16.1 Å². The molecule has 21 heavy (non-hydrogen) atoms. The van der Waals surface area contributed by atoms with Gasteiger partial charge in [0, 0.05) is 11.6 Å². The first-order valence-corrected chi connectivity index (χ1v) is 7.20. The predicted octanol–water partition coefficient (Wildman–Crippen LogP) is 2.08. The van der Waals surface area contributed by atoms with Crippen molar-refractivity contribution in [3.63, 3.8) is 0 Å². The molecule has 0 bridgehead atoms. The van der Waals surface area contributed by atoms with E-state index in [0.717, 1.165) is 24.9 Å². The summed E-state index contributed by atoms with van der Waals surface area (Å²) in [6.45, 7) is 1.26. The first-order valence-electron chi connectivity index (χ1n) is 6.82. The van der Waals surface area contributed by atoms with Gasteiger partial charge in [-0.2, -0.15) is 4.98 Å². The van der Waals surface area contributed by atoms with Gasteiger partial charge >= 0.3 is 0 Å². The molecule has 0 spiro atoms. The van der Waals surface area contributed by atoms with Crippen LogP contribution in [-0.2, 0) is 6.54 Å². The van der Waals surface area contributed by atoms with E-state index in [1.54, 1.807) is 6.07 Å². The molecule has 2 N–H and O–H groups in total. The van der Waals surface area contributed by atoms with E-state index in [1.807, 2.05) is 18.2 Å². The Bertz CT molecular complexity index is 637. The van der Waals surface area contributed by atoms with Gasteiger partial charge in [0.1, 0.15) is 0 Å². The van der Waals surface area contributed by atoms with Gasteiger partial charge in [0.2, 0.25) is 5.89 Å². The second-order valence-electron chi connectivity index (χ2n) is 4.88. The quantitative estimate of drug-likeness (QED) is 0.904. The predicted molar refractivity (Wildman–Crippen MR) is 76.9 cm³/mol. The third kappa shape index (κ3) is 3.22. The molecule has 1 amide bonds. The summed E-state index contributed by atoms with van der Waals surface area (Å²) in [6.07, 6.45) is 2.02. The van der Waals surface area contributed by atoms with Gasteiger partial charge in [0.05, 0.1) is 6.04 Å². The van der Waals surface area contributed by atoms with Crippen molar-refractivity contribution in [3.05, 3.63) is 46.6 Å². The molecule has 0 radical (unpaired) electrons. The first-order chi connectivity index (χ1) is 10.2. The van der Waals surface area contributed by atoms with Crippen LogP contribution in [0.25, 0.3) is 0 Å². The maximum atomic E-state index is 12.0. The lowest BCUT2D eigenvalue weighted by molar-refractivity contribution is 0.0937. The van der Waals surface area contributed by atoms with Crippen molar-refractivity contribution in [1.82, 2.24) is 20.8 Å². The fraction of sp³-hybridized carbons (Fsp3) is 0.357. The summed E-state index contributed by atoms with van der Waals surface area (Å²) >= 11 is 6.03. The summed E-state index contributed by atoms with van der Waals surface area (Å²) in [7, 11) is 0. The maximum absolute atomic E-state index is 12.0. The summed E-state index contributed by atoms with van der Waals surface area (Å²) in [5, 5.41) is 10.3. The number of carbonyl (C=O) groups excluding carboxylic acids is 1. The number of hydrogen-bond donors (Lipinski definition) is 2. The summed E-state index contributed by atoms with van der Waals surface area (Å²) in [5.41, 5.74) is 0.841. The molecule has 1 aliphatic rings. The van der Waals surface area contributed by atoms with Crippen LogP contribution >= 0.6 is 11.6 Å². The van der Waals surface area contributed by atoms with Gasteiger partial charge in [-0.15, -0.1) is 0 Å². The molecule has 1 unspecified atom stereocenters. The molecule has 0 aliphatic carbocycles. The molecule has 2 aromatic rings. The second kappa shape index (κ2) is 6.24. The molecule has 1 atom stereocenters. The number of hydrogen-bond acceptors (Lipinski definition) is 5. The minimum absolute atomic E-state index is 0.0470. The Morgan fingerprint density at radius 3 is 3.10 bits per heavy atom. The molecule has 1 aromatic carbocycles. The number of aromatic nitrogens is 2. The molecular formula is C14H15ClN4O2. The average Bonchev–Trinajstić information content (AvgIpc) is 3.16. The SMILES string of the molecule is O=C(NCc1ccccc1Cl)c1noc(C2CCCN2)n1. The lowest BCUT2D eigenvalue weighted by Crippen LogP contribution is -2.24. The van der Waals surface area contributed by atoms with Crippen LogP contribution in [-0.4, -0.2) is 22.6 Å². The van der Waals surface area contributed by atoms with Gasteiger partial charge in [-0.3, -0.25) is 4.79 Å². The second-order valence-corrected chi connectivity index (χ2v) is 5.29. The number of amides is 1. The van der Waals surface area contributed by atoms with Crippen LogP contribution in [0.1, 0.15) is 41.0 Å². The molecule has 1 aliphatic heterocycles. The van der Waals surface area contributed by atoms with Gasteiger partial charge in [-0.25, -0.2) is 0 Å². The van der Waals surface area contributed by atoms with E-state index in [-0.39, 0.29) is 17.8 Å². The third-order valence-corrected chi connectivity index (χ3v) is 3.77. The largest absolute Gasteiger partial charge is 0.345 e. The lowest BCUT2D eigenvalue weighted by atomic mass is 10.2. The van der Waals surface area contributed by atoms with E-state index >= 15 is 0 Å². The molecular weight excluding hydrogens is 292 g/mol. The van der Waals surface area contributed by atoms with E-state index < -0.39 is 0 Å². The molecule has 3 rings (SSSR count). The molecule has 1 aromatic heterocycles. The number of nitrogens with one attached hydrogen (secondary N) is 2. The smallest absolute Gasteiger partial charge is 0.292 e. The zero-order valence-electron chi connectivity index (χ0n) is 11.3. The number of rotatable bonds is 4. The van der Waals surface area contributed by atoms with Crippen LogP contribution in [0, 0.1) is 0 Å². The molecule has 2 heterocycles. The monoisotopic (exact) mass is 306 g/mol. The minimum Gasteiger partial charge on any atom is -0.345 e. The molecule has 1 fully saturated rings. The highest BCUT2D eigenvalue weighted by Crippen LogP contribution is 2.21. The van der Waals surface area contributed by atoms with Gasteiger partial charge in [-0.1, -0.05) is 35.0 Å². The zero-order valence-corrected chi connectivity index (χ0v) is 12.1. The molecule has 1 saturated heterocycles. The highest BCUT2D eigenvalue weighted by atomic mass is 35.5. The number of halogens is 1. The molecule has 0 saturated carbocycles. The average molecular weight is 307 g/mol. The van der Waals surface area contributed by atoms with Gasteiger partial charge < -0.3 is 15.2 Å². The van der Waals surface area contributed by atoms with E-state index in [9.17, 15) is 4.79 Å². The fourth-order valence-electron chi connectivity index (χ4n) is 2.26. The lowest BCUT2D eigenvalue weighted by Gasteiger charge is -2.04. The van der Waals surface area contributed by atoms with E-state index in [1.165, 1.54) is 0 Å². The van der Waals surface area contributed by atoms with Gasteiger partial charge in [0.25, 0.3) is 11.7 Å². The minimum atomic E-state index is -0.372. The Kier molecular flexibility index (Phi) is 4.17. The normalized spacial score (nSPS) is 17.9. The maximum Gasteiger partial charge on any atom is 0.292 e. The Hall–Kier alpha value is -1.92. The summed E-state index contributed by atoms with van der Waals surface area (Å²) < 4.78 is 5.13. The zero-order chi connectivity index (χ0) is 14.7. The van der Waals surface area contributed by atoms with Crippen molar-refractivity contribution in [3.8, 4) is 0 Å². The van der Waals surface area contributed by atoms with Crippen molar-refractivity contribution in [1.29, 1.82) is 0 Å². The van der Waals surface area contributed by atoms with Gasteiger partial charge in [0.15, 0.2) is 0 Å². The van der Waals surface area contributed by atoms with E-state index in [2.05, 4.69) is 20.8 Å². The summed E-state index contributed by atoms with van der Waals surface area (Å²) in [5.74, 6) is 0.143. The Balaban J connectivity index is 1.62. The fourth-order valence-corrected chi connectivity index (χ4v) is 2.46. The van der Waals surface area contributed by atoms with Crippen LogP contribution in [0.3, 0.4) is 0 Å². The third-order valence-electron chi connectivity index (χ3n) is 3.40. The van der Waals surface area contributed by atoms with Crippen molar-refractivity contribution < 1.29 is 9.32 Å². The van der Waals surface area contributed by atoms with Crippen molar-refractivity contribution in [2.75, 3.05) is 6.54 Å². The van der Waals surface area contributed by atoms with Crippen LogP contribution in [0.5, 0.6) is 0 Å². The number of benzene rings is 1. The van der Waals surface area contributed by atoms with Crippen LogP contribution in [0.15, 0.2) is 28.8 Å². The standard InChI is InChI=1S/C14H15ClN4O2/c15-10-5-2-1-4-9(10)8-17-13(20)12-18-14(21-19-12)11-6-3-7-16-11/h1-2,4-5,11,16H,3,6-8H2,(H,17,20). The molecule has 6 nitrogen and oxygen atoms in total. The van der Waals surface area contributed by atoms with E-state index in [0.29, 0.717) is 17.5 Å². The number of nitrogens with zero attached hydrogens (tertiary/aromatic N) is 2. The molecule has 7 heteroatoms. The van der Waals surface area contributed by atoms with Crippen molar-refractivity contribution in [2.45, 2.75) is 25.4 Å². The summed E-state index contributed by atoms with van der Waals surface area (Å²) in [6, 6.07) is 7.40. The van der Waals surface area contributed by atoms with Crippen molar-refractivity contribution >= 4 is 17.5 Å². The van der Waals surface area contributed by atoms with Crippen LogP contribution < -0.4 is 10.6 Å². The van der Waals surface area contributed by atoms with Crippen molar-refractivity contribution in [2.24, 2.45) is 0 Å². The number of carbonyl (C=O) groups is 1.